The Kier molecular flexibility index (Phi) is 3.28. The standard InChI is InChI=1S/C16H17F/c1-11(2)16-8-7-14(9-12(16)3)13-5-4-6-15(17)10-13/h4-11H,1-3H3. The van der Waals surface area contributed by atoms with Crippen LogP contribution in [0.1, 0.15) is 30.9 Å². The van der Waals surface area contributed by atoms with Crippen LogP contribution in [0.25, 0.3) is 11.1 Å². The van der Waals surface area contributed by atoms with E-state index in [9.17, 15) is 4.39 Å². The lowest BCUT2D eigenvalue weighted by Gasteiger charge is -2.11. The highest BCUT2D eigenvalue weighted by Crippen LogP contribution is 2.26. The Morgan fingerprint density at radius 2 is 1.65 bits per heavy atom. The Hall–Kier alpha value is -1.63. The van der Waals surface area contributed by atoms with E-state index < -0.39 is 0 Å². The van der Waals surface area contributed by atoms with Crippen LogP contribution in [0.15, 0.2) is 42.5 Å². The molecule has 2 rings (SSSR count). The third-order valence-corrected chi connectivity index (χ3v) is 3.05. The van der Waals surface area contributed by atoms with Crippen LogP contribution in [0.3, 0.4) is 0 Å². The number of hydrogen-bond donors (Lipinski definition) is 0. The van der Waals surface area contributed by atoms with Crippen LogP contribution in [-0.2, 0) is 0 Å². The summed E-state index contributed by atoms with van der Waals surface area (Å²) in [6.45, 7) is 6.48. The summed E-state index contributed by atoms with van der Waals surface area (Å²) < 4.78 is 13.2. The molecule has 0 bridgehead atoms. The van der Waals surface area contributed by atoms with Crippen LogP contribution in [0, 0.1) is 12.7 Å². The van der Waals surface area contributed by atoms with Gasteiger partial charge in [-0.25, -0.2) is 4.39 Å². The average molecular weight is 228 g/mol. The zero-order chi connectivity index (χ0) is 12.4. The quantitative estimate of drug-likeness (QED) is 0.684. The highest BCUT2D eigenvalue weighted by atomic mass is 19.1. The Labute approximate surface area is 102 Å². The second-order valence-corrected chi connectivity index (χ2v) is 4.74. The van der Waals surface area contributed by atoms with E-state index in [0.29, 0.717) is 5.92 Å². The van der Waals surface area contributed by atoms with Crippen molar-refractivity contribution in [3.8, 4) is 11.1 Å². The minimum atomic E-state index is -0.187. The molecule has 0 radical (unpaired) electrons. The summed E-state index contributed by atoms with van der Waals surface area (Å²) in [5.74, 6) is 0.338. The maximum Gasteiger partial charge on any atom is 0.123 e. The van der Waals surface area contributed by atoms with Crippen molar-refractivity contribution in [1.29, 1.82) is 0 Å². The molecule has 0 aliphatic rings. The Bertz CT molecular complexity index is 527. The Morgan fingerprint density at radius 1 is 0.941 bits per heavy atom. The van der Waals surface area contributed by atoms with E-state index in [0.717, 1.165) is 11.1 Å². The molecule has 0 spiro atoms. The first-order chi connectivity index (χ1) is 8.08. The Morgan fingerprint density at radius 3 is 2.24 bits per heavy atom. The summed E-state index contributed by atoms with van der Waals surface area (Å²) in [6.07, 6.45) is 0. The van der Waals surface area contributed by atoms with Gasteiger partial charge in [-0.2, -0.15) is 0 Å². The molecule has 0 aliphatic carbocycles. The van der Waals surface area contributed by atoms with Crippen molar-refractivity contribution in [1.82, 2.24) is 0 Å². The first-order valence-corrected chi connectivity index (χ1v) is 5.94. The van der Waals surface area contributed by atoms with Gasteiger partial charge in [0.25, 0.3) is 0 Å². The molecule has 17 heavy (non-hydrogen) atoms. The zero-order valence-electron chi connectivity index (χ0n) is 10.5. The largest absolute Gasteiger partial charge is 0.207 e. The van der Waals surface area contributed by atoms with Crippen molar-refractivity contribution in [2.45, 2.75) is 26.7 Å². The maximum atomic E-state index is 13.2. The van der Waals surface area contributed by atoms with Crippen LogP contribution < -0.4 is 0 Å². The van der Waals surface area contributed by atoms with Crippen molar-refractivity contribution in [2.24, 2.45) is 0 Å². The molecule has 0 saturated carbocycles. The molecule has 2 aromatic rings. The predicted octanol–water partition coefficient (Wildman–Crippen LogP) is 4.92. The molecule has 0 atom stereocenters. The van der Waals surface area contributed by atoms with Gasteiger partial charge >= 0.3 is 0 Å². The molecule has 0 nitrogen and oxygen atoms in total. The summed E-state index contributed by atoms with van der Waals surface area (Å²) in [5.41, 5.74) is 4.63. The number of aryl methyl sites for hydroxylation is 1. The molecule has 0 heterocycles. The summed E-state index contributed by atoms with van der Waals surface area (Å²) in [5, 5.41) is 0. The second-order valence-electron chi connectivity index (χ2n) is 4.74. The van der Waals surface area contributed by atoms with Gasteiger partial charge in [0.2, 0.25) is 0 Å². The van der Waals surface area contributed by atoms with Gasteiger partial charge in [0.15, 0.2) is 0 Å². The van der Waals surface area contributed by atoms with E-state index in [-0.39, 0.29) is 5.82 Å². The summed E-state index contributed by atoms with van der Waals surface area (Å²) in [7, 11) is 0. The topological polar surface area (TPSA) is 0 Å². The van der Waals surface area contributed by atoms with Gasteiger partial charge in [-0.15, -0.1) is 0 Å². The lowest BCUT2D eigenvalue weighted by atomic mass is 9.94. The van der Waals surface area contributed by atoms with Gasteiger partial charge < -0.3 is 0 Å². The third kappa shape index (κ3) is 2.55. The zero-order valence-corrected chi connectivity index (χ0v) is 10.5. The van der Waals surface area contributed by atoms with E-state index >= 15 is 0 Å². The molecule has 0 amide bonds. The van der Waals surface area contributed by atoms with E-state index in [4.69, 9.17) is 0 Å². The lowest BCUT2D eigenvalue weighted by molar-refractivity contribution is 0.628. The molecular weight excluding hydrogens is 211 g/mol. The van der Waals surface area contributed by atoms with Gasteiger partial charge in [0.1, 0.15) is 5.82 Å². The van der Waals surface area contributed by atoms with Gasteiger partial charge in [0.05, 0.1) is 0 Å². The van der Waals surface area contributed by atoms with Gasteiger partial charge in [0, 0.05) is 0 Å². The fraction of sp³-hybridized carbons (Fsp3) is 0.250. The SMILES string of the molecule is Cc1cc(-c2cccc(F)c2)ccc1C(C)C. The normalized spacial score (nSPS) is 10.9. The van der Waals surface area contributed by atoms with Crippen LogP contribution in [-0.4, -0.2) is 0 Å². The molecule has 1 heteroatoms. The van der Waals surface area contributed by atoms with Crippen LogP contribution in [0.4, 0.5) is 4.39 Å². The maximum absolute atomic E-state index is 13.2. The molecule has 0 fully saturated rings. The van der Waals surface area contributed by atoms with Crippen molar-refractivity contribution >= 4 is 0 Å². The van der Waals surface area contributed by atoms with Gasteiger partial charge in [-0.1, -0.05) is 44.2 Å². The highest BCUT2D eigenvalue weighted by Gasteiger charge is 2.05. The molecule has 0 aliphatic heterocycles. The number of halogens is 1. The number of rotatable bonds is 2. The molecule has 0 aromatic heterocycles. The van der Waals surface area contributed by atoms with Gasteiger partial charge in [-0.05, 0) is 47.2 Å². The second kappa shape index (κ2) is 4.70. The third-order valence-electron chi connectivity index (χ3n) is 3.05. The number of benzene rings is 2. The number of hydrogen-bond acceptors (Lipinski definition) is 0. The lowest BCUT2D eigenvalue weighted by Crippen LogP contribution is -1.92. The van der Waals surface area contributed by atoms with Crippen LogP contribution in [0.2, 0.25) is 0 Å². The van der Waals surface area contributed by atoms with Gasteiger partial charge in [-0.3, -0.25) is 0 Å². The molecule has 0 saturated heterocycles. The monoisotopic (exact) mass is 228 g/mol. The van der Waals surface area contributed by atoms with Crippen molar-refractivity contribution in [3.05, 3.63) is 59.4 Å². The summed E-state index contributed by atoms with van der Waals surface area (Å²) in [4.78, 5) is 0. The first-order valence-electron chi connectivity index (χ1n) is 5.94. The van der Waals surface area contributed by atoms with E-state index in [2.05, 4.69) is 39.0 Å². The molecule has 88 valence electrons. The van der Waals surface area contributed by atoms with E-state index in [1.807, 2.05) is 6.07 Å². The Balaban J connectivity index is 2.44. The molecule has 0 unspecified atom stereocenters. The first kappa shape index (κ1) is 11.8. The molecule has 0 N–H and O–H groups in total. The van der Waals surface area contributed by atoms with E-state index in [1.54, 1.807) is 12.1 Å². The van der Waals surface area contributed by atoms with E-state index in [1.165, 1.54) is 17.2 Å². The summed E-state index contributed by atoms with van der Waals surface area (Å²) >= 11 is 0. The minimum absolute atomic E-state index is 0.187. The minimum Gasteiger partial charge on any atom is -0.207 e. The van der Waals surface area contributed by atoms with Crippen LogP contribution >= 0.6 is 0 Å². The predicted molar refractivity (Wildman–Crippen MR) is 70.7 cm³/mol. The molecule has 2 aromatic carbocycles. The fourth-order valence-corrected chi connectivity index (χ4v) is 2.17. The van der Waals surface area contributed by atoms with Crippen molar-refractivity contribution in [2.75, 3.05) is 0 Å². The molecular formula is C16H17F. The summed E-state index contributed by atoms with van der Waals surface area (Å²) in [6, 6.07) is 13.1. The fourth-order valence-electron chi connectivity index (χ4n) is 2.17. The van der Waals surface area contributed by atoms with Crippen molar-refractivity contribution < 1.29 is 4.39 Å². The average Bonchev–Trinajstić information content (AvgIpc) is 2.28. The van der Waals surface area contributed by atoms with Crippen LogP contribution in [0.5, 0.6) is 0 Å². The van der Waals surface area contributed by atoms with Crippen molar-refractivity contribution in [3.63, 3.8) is 0 Å². The highest BCUT2D eigenvalue weighted by molar-refractivity contribution is 5.65. The smallest absolute Gasteiger partial charge is 0.123 e.